The highest BCUT2D eigenvalue weighted by Gasteiger charge is 2.15. The second-order valence-electron chi connectivity index (χ2n) is 4.27. The summed E-state index contributed by atoms with van der Waals surface area (Å²) < 4.78 is 6.11. The van der Waals surface area contributed by atoms with Crippen LogP contribution < -0.4 is 0 Å². The first kappa shape index (κ1) is 15.3. The quantitative estimate of drug-likeness (QED) is 0.422. The Kier molecular flexibility index (Phi) is 7.08. The molecule has 0 aromatic heterocycles. The van der Waals surface area contributed by atoms with Gasteiger partial charge in [0.25, 0.3) is 0 Å². The van der Waals surface area contributed by atoms with Crippen molar-refractivity contribution in [2.75, 3.05) is 0 Å². The number of benzene rings is 1. The topological polar surface area (TPSA) is 46.5 Å². The van der Waals surface area contributed by atoms with E-state index in [2.05, 4.69) is 29.5 Å². The molecule has 0 saturated heterocycles. The van der Waals surface area contributed by atoms with Gasteiger partial charge in [0, 0.05) is 3.57 Å². The Morgan fingerprint density at radius 2 is 1.94 bits per heavy atom. The third kappa shape index (κ3) is 5.71. The zero-order chi connectivity index (χ0) is 13.4. The maximum Gasteiger partial charge on any atom is 0.506 e. The molecule has 0 spiro atoms. The van der Waals surface area contributed by atoms with Gasteiger partial charge in [0.1, 0.15) is 6.10 Å². The molecule has 0 saturated carbocycles. The maximum atomic E-state index is 10.7. The number of hydrogen-bond acceptors (Lipinski definition) is 2. The van der Waals surface area contributed by atoms with Crippen LogP contribution in [-0.2, 0) is 4.74 Å². The SMILES string of the molecule is CCCCCCC(OC(=O)O)c1ccc(I)cc1. The summed E-state index contributed by atoms with van der Waals surface area (Å²) in [6, 6.07) is 7.82. The minimum Gasteiger partial charge on any atom is -0.450 e. The van der Waals surface area contributed by atoms with Gasteiger partial charge in [0.05, 0.1) is 0 Å². The highest BCUT2D eigenvalue weighted by atomic mass is 127. The summed E-state index contributed by atoms with van der Waals surface area (Å²) in [7, 11) is 0. The average Bonchev–Trinajstić information content (AvgIpc) is 2.34. The van der Waals surface area contributed by atoms with Crippen LogP contribution in [0.5, 0.6) is 0 Å². The minimum atomic E-state index is -1.20. The minimum absolute atomic E-state index is 0.337. The van der Waals surface area contributed by atoms with E-state index in [1.807, 2.05) is 24.3 Å². The first-order chi connectivity index (χ1) is 8.63. The number of ether oxygens (including phenoxy) is 1. The van der Waals surface area contributed by atoms with Crippen LogP contribution in [0.4, 0.5) is 4.79 Å². The van der Waals surface area contributed by atoms with Gasteiger partial charge in [-0.2, -0.15) is 0 Å². The van der Waals surface area contributed by atoms with Crippen molar-refractivity contribution < 1.29 is 14.6 Å². The molecular formula is C14H19IO3. The van der Waals surface area contributed by atoms with E-state index in [0.29, 0.717) is 0 Å². The Morgan fingerprint density at radius 3 is 2.50 bits per heavy atom. The number of carboxylic acid groups (broad SMARTS) is 1. The molecule has 1 aromatic rings. The second kappa shape index (κ2) is 8.34. The van der Waals surface area contributed by atoms with Crippen LogP contribution in [0.3, 0.4) is 0 Å². The third-order valence-electron chi connectivity index (χ3n) is 2.80. The lowest BCUT2D eigenvalue weighted by Crippen LogP contribution is -2.09. The summed E-state index contributed by atoms with van der Waals surface area (Å²) in [5, 5.41) is 8.78. The van der Waals surface area contributed by atoms with Gasteiger partial charge >= 0.3 is 6.16 Å². The van der Waals surface area contributed by atoms with E-state index in [9.17, 15) is 4.79 Å². The van der Waals surface area contributed by atoms with E-state index in [-0.39, 0.29) is 6.10 Å². The lowest BCUT2D eigenvalue weighted by atomic mass is 10.0. The van der Waals surface area contributed by atoms with Crippen LogP contribution in [0.15, 0.2) is 24.3 Å². The molecule has 3 nitrogen and oxygen atoms in total. The fourth-order valence-electron chi connectivity index (χ4n) is 1.85. The molecule has 1 aromatic carbocycles. The summed E-state index contributed by atoms with van der Waals surface area (Å²) in [4.78, 5) is 10.7. The van der Waals surface area contributed by atoms with Crippen LogP contribution in [0.1, 0.15) is 50.7 Å². The van der Waals surface area contributed by atoms with E-state index in [1.165, 1.54) is 12.8 Å². The van der Waals surface area contributed by atoms with E-state index in [4.69, 9.17) is 9.84 Å². The van der Waals surface area contributed by atoms with E-state index < -0.39 is 6.16 Å². The first-order valence-corrected chi connectivity index (χ1v) is 7.36. The normalized spacial score (nSPS) is 12.1. The summed E-state index contributed by atoms with van der Waals surface area (Å²) in [5.41, 5.74) is 0.939. The predicted octanol–water partition coefficient (Wildman–Crippen LogP) is 5.00. The highest BCUT2D eigenvalue weighted by Crippen LogP contribution is 2.25. The van der Waals surface area contributed by atoms with Crippen LogP contribution in [0.25, 0.3) is 0 Å². The van der Waals surface area contributed by atoms with Crippen molar-refractivity contribution in [3.05, 3.63) is 33.4 Å². The monoisotopic (exact) mass is 362 g/mol. The molecule has 0 amide bonds. The number of halogens is 1. The van der Waals surface area contributed by atoms with Crippen molar-refractivity contribution >= 4 is 28.7 Å². The molecule has 1 unspecified atom stereocenters. The van der Waals surface area contributed by atoms with Crippen LogP contribution in [0, 0.1) is 3.57 Å². The molecule has 0 aliphatic carbocycles. The predicted molar refractivity (Wildman–Crippen MR) is 79.8 cm³/mol. The molecule has 100 valence electrons. The summed E-state index contributed by atoms with van der Waals surface area (Å²) in [6.07, 6.45) is 3.70. The van der Waals surface area contributed by atoms with Gasteiger partial charge in [-0.05, 0) is 53.1 Å². The fourth-order valence-corrected chi connectivity index (χ4v) is 2.21. The van der Waals surface area contributed by atoms with Gasteiger partial charge in [-0.1, -0.05) is 38.3 Å². The van der Waals surface area contributed by atoms with Gasteiger partial charge in [-0.3, -0.25) is 0 Å². The van der Waals surface area contributed by atoms with E-state index >= 15 is 0 Å². The van der Waals surface area contributed by atoms with E-state index in [0.717, 1.165) is 28.4 Å². The van der Waals surface area contributed by atoms with Crippen LogP contribution in [0.2, 0.25) is 0 Å². The van der Waals surface area contributed by atoms with Gasteiger partial charge < -0.3 is 9.84 Å². The lowest BCUT2D eigenvalue weighted by molar-refractivity contribution is 0.0464. The van der Waals surface area contributed by atoms with Crippen molar-refractivity contribution in [1.82, 2.24) is 0 Å². The molecule has 1 N–H and O–H groups in total. The molecule has 0 bridgehead atoms. The van der Waals surface area contributed by atoms with Crippen molar-refractivity contribution in [1.29, 1.82) is 0 Å². The molecular weight excluding hydrogens is 343 g/mol. The fraction of sp³-hybridized carbons (Fsp3) is 0.500. The molecule has 4 heteroatoms. The summed E-state index contributed by atoms with van der Waals surface area (Å²) in [6.45, 7) is 2.16. The number of unbranched alkanes of at least 4 members (excludes halogenated alkanes) is 3. The molecule has 18 heavy (non-hydrogen) atoms. The number of hydrogen-bond donors (Lipinski definition) is 1. The Hall–Kier alpha value is -0.780. The molecule has 1 rings (SSSR count). The summed E-state index contributed by atoms with van der Waals surface area (Å²) >= 11 is 2.23. The Morgan fingerprint density at radius 1 is 1.28 bits per heavy atom. The van der Waals surface area contributed by atoms with Crippen LogP contribution >= 0.6 is 22.6 Å². The van der Waals surface area contributed by atoms with Crippen LogP contribution in [-0.4, -0.2) is 11.3 Å². The third-order valence-corrected chi connectivity index (χ3v) is 3.52. The Labute approximate surface area is 122 Å². The maximum absolute atomic E-state index is 10.7. The lowest BCUT2D eigenvalue weighted by Gasteiger charge is -2.16. The highest BCUT2D eigenvalue weighted by molar-refractivity contribution is 14.1. The number of rotatable bonds is 7. The Bertz CT molecular complexity index is 362. The number of carbonyl (C=O) groups is 1. The smallest absolute Gasteiger partial charge is 0.450 e. The van der Waals surface area contributed by atoms with Crippen molar-refractivity contribution in [3.63, 3.8) is 0 Å². The molecule has 0 heterocycles. The first-order valence-electron chi connectivity index (χ1n) is 6.28. The molecule has 1 atom stereocenters. The average molecular weight is 362 g/mol. The summed E-state index contributed by atoms with van der Waals surface area (Å²) in [5.74, 6) is 0. The largest absolute Gasteiger partial charge is 0.506 e. The zero-order valence-electron chi connectivity index (χ0n) is 10.6. The van der Waals surface area contributed by atoms with Gasteiger partial charge in [0.2, 0.25) is 0 Å². The molecule has 0 aliphatic heterocycles. The van der Waals surface area contributed by atoms with Gasteiger partial charge in [-0.15, -0.1) is 0 Å². The zero-order valence-corrected chi connectivity index (χ0v) is 12.7. The standard InChI is InChI=1S/C14H19IO3/c1-2-3-4-5-6-13(18-14(16)17)11-7-9-12(15)10-8-11/h7-10,13H,2-6H2,1H3,(H,16,17). The van der Waals surface area contributed by atoms with Crippen molar-refractivity contribution in [2.45, 2.75) is 45.1 Å². The Balaban J connectivity index is 2.59. The van der Waals surface area contributed by atoms with Crippen molar-refractivity contribution in [3.8, 4) is 0 Å². The van der Waals surface area contributed by atoms with E-state index in [1.54, 1.807) is 0 Å². The molecule has 0 fully saturated rings. The van der Waals surface area contributed by atoms with Gasteiger partial charge in [0.15, 0.2) is 0 Å². The second-order valence-corrected chi connectivity index (χ2v) is 5.52. The molecule has 0 radical (unpaired) electrons. The van der Waals surface area contributed by atoms with Crippen molar-refractivity contribution in [2.24, 2.45) is 0 Å². The molecule has 0 aliphatic rings. The van der Waals surface area contributed by atoms with Gasteiger partial charge in [-0.25, -0.2) is 4.79 Å².